The highest BCUT2D eigenvalue weighted by Gasteiger charge is 2.38. The number of nitrogens with one attached hydrogen (secondary N) is 1. The zero-order chi connectivity index (χ0) is 20.4. The van der Waals surface area contributed by atoms with Crippen LogP contribution in [0.5, 0.6) is 0 Å². The molecule has 27 heavy (non-hydrogen) atoms. The first-order valence-electron chi connectivity index (χ1n) is 8.10. The molecule has 146 valence electrons. The summed E-state index contributed by atoms with van der Waals surface area (Å²) in [7, 11) is 0. The third-order valence-corrected chi connectivity index (χ3v) is 5.29. The van der Waals surface area contributed by atoms with Gasteiger partial charge in [0.2, 0.25) is 5.91 Å². The molecule has 0 fully saturated rings. The van der Waals surface area contributed by atoms with Crippen LogP contribution in [-0.4, -0.2) is 27.5 Å². The molecule has 2 N–H and O–H groups in total. The Morgan fingerprint density at radius 1 is 1.22 bits per heavy atom. The molecule has 9 heteroatoms. The fourth-order valence-corrected chi connectivity index (χ4v) is 3.09. The van der Waals surface area contributed by atoms with E-state index in [1.54, 1.807) is 19.2 Å². The van der Waals surface area contributed by atoms with Crippen LogP contribution in [-0.2, 0) is 22.2 Å². The van der Waals surface area contributed by atoms with Crippen LogP contribution in [0.2, 0.25) is 0 Å². The summed E-state index contributed by atoms with van der Waals surface area (Å²) < 4.78 is 37.9. The van der Waals surface area contributed by atoms with Crippen LogP contribution in [0, 0.1) is 5.92 Å². The van der Waals surface area contributed by atoms with E-state index in [4.69, 9.17) is 0 Å². The number of aliphatic carboxylic acids is 1. The average molecular weight is 400 g/mol. The normalized spacial score (nSPS) is 14.0. The average Bonchev–Trinajstić information content (AvgIpc) is 3.02. The van der Waals surface area contributed by atoms with Crippen LogP contribution in [0.3, 0.4) is 0 Å². The molecule has 1 aromatic heterocycles. The lowest BCUT2D eigenvalue weighted by Gasteiger charge is -2.30. The predicted octanol–water partition coefficient (Wildman–Crippen LogP) is 3.99. The molecule has 0 bridgehead atoms. The Hall–Kier alpha value is -2.42. The van der Waals surface area contributed by atoms with Crippen molar-refractivity contribution < 1.29 is 27.9 Å². The highest BCUT2D eigenvalue weighted by atomic mass is 32.1. The zero-order valence-electron chi connectivity index (χ0n) is 14.9. The van der Waals surface area contributed by atoms with E-state index in [-0.39, 0.29) is 12.3 Å². The standard InChI is InChI=1S/C18H19F3N2O3S/c1-10(2)17(3,16(25)26)23-14(24)8-13-9-27-15(22-13)11-4-6-12(7-5-11)18(19,20)21/h4-7,9-10H,8H2,1-3H3,(H,23,24)(H,25,26). The fourth-order valence-electron chi connectivity index (χ4n) is 2.27. The second kappa shape index (κ2) is 7.67. The molecular weight excluding hydrogens is 381 g/mol. The molecule has 0 aliphatic heterocycles. The molecule has 0 aliphatic rings. The van der Waals surface area contributed by atoms with Crippen LogP contribution >= 0.6 is 11.3 Å². The first-order valence-corrected chi connectivity index (χ1v) is 8.98. The summed E-state index contributed by atoms with van der Waals surface area (Å²) in [6.07, 6.45) is -4.52. The lowest BCUT2D eigenvalue weighted by atomic mass is 9.88. The molecule has 5 nitrogen and oxygen atoms in total. The first-order chi connectivity index (χ1) is 12.4. The van der Waals surface area contributed by atoms with Crippen molar-refractivity contribution in [2.24, 2.45) is 5.92 Å². The van der Waals surface area contributed by atoms with E-state index in [0.29, 0.717) is 16.3 Å². The maximum Gasteiger partial charge on any atom is 0.416 e. The molecule has 1 amide bonds. The van der Waals surface area contributed by atoms with E-state index < -0.39 is 29.2 Å². The van der Waals surface area contributed by atoms with Gasteiger partial charge in [0.15, 0.2) is 0 Å². The monoisotopic (exact) mass is 400 g/mol. The Balaban J connectivity index is 2.10. The number of carbonyl (C=O) groups excluding carboxylic acids is 1. The Morgan fingerprint density at radius 2 is 1.81 bits per heavy atom. The molecule has 0 spiro atoms. The van der Waals surface area contributed by atoms with Gasteiger partial charge in [-0.1, -0.05) is 26.0 Å². The van der Waals surface area contributed by atoms with E-state index in [9.17, 15) is 27.9 Å². The summed E-state index contributed by atoms with van der Waals surface area (Å²) in [4.78, 5) is 27.9. The molecule has 2 rings (SSSR count). The van der Waals surface area contributed by atoms with Crippen molar-refractivity contribution in [3.8, 4) is 10.6 Å². The fraction of sp³-hybridized carbons (Fsp3) is 0.389. The third kappa shape index (κ3) is 4.85. The predicted molar refractivity (Wildman–Crippen MR) is 95.3 cm³/mol. The number of amides is 1. The topological polar surface area (TPSA) is 79.3 Å². The number of halogens is 3. The van der Waals surface area contributed by atoms with E-state index in [1.807, 2.05) is 0 Å². The minimum Gasteiger partial charge on any atom is -0.480 e. The maximum atomic E-state index is 12.6. The summed E-state index contributed by atoms with van der Waals surface area (Å²) in [6.45, 7) is 4.83. The molecule has 0 radical (unpaired) electrons. The van der Waals surface area contributed by atoms with Crippen molar-refractivity contribution in [3.05, 3.63) is 40.9 Å². The Kier molecular flexibility index (Phi) is 5.94. The van der Waals surface area contributed by atoms with Gasteiger partial charge in [0.25, 0.3) is 0 Å². The Morgan fingerprint density at radius 3 is 2.30 bits per heavy atom. The summed E-state index contributed by atoms with van der Waals surface area (Å²) in [5.74, 6) is -1.94. The van der Waals surface area contributed by atoms with Crippen molar-refractivity contribution >= 4 is 23.2 Å². The van der Waals surface area contributed by atoms with Crippen LogP contribution in [0.25, 0.3) is 10.6 Å². The number of carboxylic acid groups (broad SMARTS) is 1. The number of benzene rings is 1. The molecule has 1 atom stereocenters. The molecule has 1 unspecified atom stereocenters. The summed E-state index contributed by atoms with van der Waals surface area (Å²) >= 11 is 1.20. The van der Waals surface area contributed by atoms with Crippen molar-refractivity contribution in [1.82, 2.24) is 10.3 Å². The van der Waals surface area contributed by atoms with Gasteiger partial charge in [0, 0.05) is 10.9 Å². The van der Waals surface area contributed by atoms with Crippen molar-refractivity contribution in [3.63, 3.8) is 0 Å². The lowest BCUT2D eigenvalue weighted by molar-refractivity contribution is -0.148. The van der Waals surface area contributed by atoms with Gasteiger partial charge < -0.3 is 10.4 Å². The molecule has 1 aromatic carbocycles. The van der Waals surface area contributed by atoms with Gasteiger partial charge in [-0.3, -0.25) is 4.79 Å². The quantitative estimate of drug-likeness (QED) is 0.769. The Bertz CT molecular complexity index is 831. The lowest BCUT2D eigenvalue weighted by Crippen LogP contribution is -2.56. The summed E-state index contributed by atoms with van der Waals surface area (Å²) in [6, 6.07) is 4.60. The summed E-state index contributed by atoms with van der Waals surface area (Å²) in [5.41, 5.74) is -1.21. The van der Waals surface area contributed by atoms with E-state index in [1.165, 1.54) is 30.4 Å². The molecule has 0 saturated carbocycles. The van der Waals surface area contributed by atoms with Crippen LogP contribution < -0.4 is 5.32 Å². The van der Waals surface area contributed by atoms with Gasteiger partial charge in [-0.2, -0.15) is 13.2 Å². The summed E-state index contributed by atoms with van der Waals surface area (Å²) in [5, 5.41) is 14.0. The number of nitrogens with zero attached hydrogens (tertiary/aromatic N) is 1. The van der Waals surface area contributed by atoms with Gasteiger partial charge >= 0.3 is 12.1 Å². The molecule has 1 heterocycles. The van der Waals surface area contributed by atoms with Gasteiger partial charge in [0.05, 0.1) is 17.7 Å². The molecule has 0 aliphatic carbocycles. The second-order valence-electron chi connectivity index (χ2n) is 6.61. The zero-order valence-corrected chi connectivity index (χ0v) is 15.7. The first kappa shape index (κ1) is 20.9. The SMILES string of the molecule is CC(C)C(C)(NC(=O)Cc1csc(-c2ccc(C(F)(F)F)cc2)n1)C(=O)O. The largest absolute Gasteiger partial charge is 0.480 e. The minimum absolute atomic E-state index is 0.118. The number of alkyl halides is 3. The number of aromatic nitrogens is 1. The van der Waals surface area contributed by atoms with Crippen molar-refractivity contribution in [2.75, 3.05) is 0 Å². The highest BCUT2D eigenvalue weighted by molar-refractivity contribution is 7.13. The van der Waals surface area contributed by atoms with Gasteiger partial charge in [-0.25, -0.2) is 9.78 Å². The molecular formula is C18H19F3N2O3S. The van der Waals surface area contributed by atoms with Crippen molar-refractivity contribution in [1.29, 1.82) is 0 Å². The molecule has 2 aromatic rings. The number of carbonyl (C=O) groups is 2. The van der Waals surface area contributed by atoms with Gasteiger partial charge in [-0.05, 0) is 25.0 Å². The number of rotatable bonds is 6. The number of carboxylic acids is 1. The van der Waals surface area contributed by atoms with E-state index in [0.717, 1.165) is 12.1 Å². The second-order valence-corrected chi connectivity index (χ2v) is 7.46. The maximum absolute atomic E-state index is 12.6. The third-order valence-electron chi connectivity index (χ3n) is 4.35. The van der Waals surface area contributed by atoms with E-state index >= 15 is 0 Å². The minimum atomic E-state index is -4.40. The van der Waals surface area contributed by atoms with Crippen LogP contribution in [0.4, 0.5) is 13.2 Å². The smallest absolute Gasteiger partial charge is 0.416 e. The van der Waals surface area contributed by atoms with Crippen LogP contribution in [0.1, 0.15) is 32.0 Å². The van der Waals surface area contributed by atoms with E-state index in [2.05, 4.69) is 10.3 Å². The number of hydrogen-bond acceptors (Lipinski definition) is 4. The van der Waals surface area contributed by atoms with Gasteiger partial charge in [-0.15, -0.1) is 11.3 Å². The Labute approximate surface area is 158 Å². The highest BCUT2D eigenvalue weighted by Crippen LogP contribution is 2.31. The van der Waals surface area contributed by atoms with Crippen molar-refractivity contribution in [2.45, 2.75) is 38.9 Å². The van der Waals surface area contributed by atoms with Gasteiger partial charge in [0.1, 0.15) is 10.5 Å². The van der Waals surface area contributed by atoms with Crippen LogP contribution in [0.15, 0.2) is 29.6 Å². The number of hydrogen-bond donors (Lipinski definition) is 2. The molecule has 0 saturated heterocycles. The number of thiazole rings is 1.